The summed E-state index contributed by atoms with van der Waals surface area (Å²) >= 11 is 0. The molecular weight excluding hydrogens is 210 g/mol. The summed E-state index contributed by atoms with van der Waals surface area (Å²) in [6.07, 6.45) is 0.750. The van der Waals surface area contributed by atoms with Crippen molar-refractivity contribution in [1.29, 1.82) is 0 Å². The summed E-state index contributed by atoms with van der Waals surface area (Å²) in [5, 5.41) is 2.32. The van der Waals surface area contributed by atoms with Gasteiger partial charge in [-0.3, -0.25) is 4.79 Å². The lowest BCUT2D eigenvalue weighted by molar-refractivity contribution is -0.117. The number of nitrogens with zero attached hydrogens (tertiary/aromatic N) is 2. The second-order valence-corrected chi connectivity index (χ2v) is 4.46. The van der Waals surface area contributed by atoms with Gasteiger partial charge in [0.15, 0.2) is 0 Å². The number of carbonyl (C=O) groups is 2. The van der Waals surface area contributed by atoms with E-state index in [1.54, 1.807) is 39.8 Å². The van der Waals surface area contributed by atoms with Crippen LogP contribution in [0.1, 0.15) is 20.8 Å². The van der Waals surface area contributed by atoms with Crippen molar-refractivity contribution in [2.75, 3.05) is 20.6 Å². The Labute approximate surface area is 95.7 Å². The van der Waals surface area contributed by atoms with Crippen molar-refractivity contribution in [3.8, 4) is 0 Å². The third-order valence-electron chi connectivity index (χ3n) is 1.22. The van der Waals surface area contributed by atoms with E-state index in [1.807, 2.05) is 0 Å². The predicted octanol–water partition coefficient (Wildman–Crippen LogP) is 0.628. The maximum Gasteiger partial charge on any atom is 0.408 e. The number of aliphatic imine (C=N–C) groups is 1. The summed E-state index contributed by atoms with van der Waals surface area (Å²) in [6.45, 7) is 5.08. The van der Waals surface area contributed by atoms with E-state index >= 15 is 0 Å². The van der Waals surface area contributed by atoms with Crippen molar-refractivity contribution in [1.82, 2.24) is 10.2 Å². The van der Waals surface area contributed by atoms with Crippen molar-refractivity contribution in [2.24, 2.45) is 4.99 Å². The van der Waals surface area contributed by atoms with Crippen LogP contribution in [0.2, 0.25) is 0 Å². The summed E-state index contributed by atoms with van der Waals surface area (Å²) < 4.78 is 4.95. The molecule has 0 aliphatic heterocycles. The summed E-state index contributed by atoms with van der Waals surface area (Å²) in [5.41, 5.74) is -0.569. The summed E-state index contributed by atoms with van der Waals surface area (Å²) in [5.74, 6) is -0.431. The highest BCUT2D eigenvalue weighted by Gasteiger charge is 2.16. The van der Waals surface area contributed by atoms with Gasteiger partial charge in [-0.15, -0.1) is 0 Å². The Morgan fingerprint density at radius 2 is 1.94 bits per heavy atom. The van der Waals surface area contributed by atoms with Gasteiger partial charge >= 0.3 is 6.09 Å². The summed E-state index contributed by atoms with van der Waals surface area (Å²) in [6, 6.07) is 0. The highest BCUT2D eigenvalue weighted by Crippen LogP contribution is 2.05. The van der Waals surface area contributed by atoms with Crippen LogP contribution in [-0.2, 0) is 9.53 Å². The van der Waals surface area contributed by atoms with E-state index in [9.17, 15) is 9.59 Å². The van der Waals surface area contributed by atoms with Gasteiger partial charge in [0.25, 0.3) is 5.91 Å². The highest BCUT2D eigenvalue weighted by molar-refractivity contribution is 5.87. The molecule has 0 radical (unpaired) electrons. The molecule has 0 heterocycles. The third kappa shape index (κ3) is 8.98. The van der Waals surface area contributed by atoms with Gasteiger partial charge in [0, 0.05) is 14.1 Å². The Kier molecular flexibility index (Phi) is 5.49. The van der Waals surface area contributed by atoms with Gasteiger partial charge in [-0.25, -0.2) is 9.79 Å². The molecule has 92 valence electrons. The zero-order valence-electron chi connectivity index (χ0n) is 10.4. The van der Waals surface area contributed by atoms with Crippen molar-refractivity contribution >= 4 is 18.3 Å². The molecule has 0 saturated heterocycles. The van der Waals surface area contributed by atoms with Crippen LogP contribution in [0.25, 0.3) is 0 Å². The molecule has 6 heteroatoms. The molecule has 1 N–H and O–H groups in total. The first-order chi connectivity index (χ1) is 7.20. The van der Waals surface area contributed by atoms with Gasteiger partial charge in [0.1, 0.15) is 12.1 Å². The lowest BCUT2D eigenvalue weighted by atomic mass is 10.2. The standard InChI is InChI=1S/C10H19N3O3/c1-10(2,3)16-9(15)11-6-8(14)12-7-13(4)5/h7H,6H2,1-5H3,(H,11,15). The molecule has 0 spiro atoms. The second kappa shape index (κ2) is 6.09. The lowest BCUT2D eigenvalue weighted by Crippen LogP contribution is -2.35. The normalized spacial score (nSPS) is 11.3. The van der Waals surface area contributed by atoms with E-state index in [0.717, 1.165) is 0 Å². The molecule has 16 heavy (non-hydrogen) atoms. The molecule has 0 fully saturated rings. The fourth-order valence-corrected chi connectivity index (χ4v) is 0.687. The molecule has 0 aliphatic rings. The first kappa shape index (κ1) is 14.4. The van der Waals surface area contributed by atoms with Crippen molar-refractivity contribution in [3.63, 3.8) is 0 Å². The second-order valence-electron chi connectivity index (χ2n) is 4.46. The molecule has 0 bridgehead atoms. The molecule has 0 aromatic heterocycles. The number of ether oxygens (including phenoxy) is 1. The van der Waals surface area contributed by atoms with Gasteiger partial charge in [0.05, 0.1) is 6.34 Å². The molecule has 6 nitrogen and oxygen atoms in total. The SMILES string of the molecule is CN(C)C=NC(=O)CNC(=O)OC(C)(C)C. The lowest BCUT2D eigenvalue weighted by Gasteiger charge is -2.19. The van der Waals surface area contributed by atoms with E-state index in [0.29, 0.717) is 0 Å². The zero-order chi connectivity index (χ0) is 12.8. The maximum absolute atomic E-state index is 11.2. The molecule has 2 amide bonds. The van der Waals surface area contributed by atoms with Crippen LogP contribution < -0.4 is 5.32 Å². The number of rotatable bonds is 3. The Hall–Kier alpha value is -1.59. The van der Waals surface area contributed by atoms with Crippen LogP contribution in [-0.4, -0.2) is 49.5 Å². The maximum atomic E-state index is 11.2. The Balaban J connectivity index is 3.89. The minimum atomic E-state index is -0.624. The number of alkyl carbamates (subject to hydrolysis) is 1. The Morgan fingerprint density at radius 3 is 2.38 bits per heavy atom. The zero-order valence-corrected chi connectivity index (χ0v) is 10.4. The van der Waals surface area contributed by atoms with Gasteiger partial charge in [-0.1, -0.05) is 0 Å². The van der Waals surface area contributed by atoms with E-state index < -0.39 is 17.6 Å². The van der Waals surface area contributed by atoms with Gasteiger partial charge < -0.3 is 15.0 Å². The summed E-state index contributed by atoms with van der Waals surface area (Å²) in [7, 11) is 3.50. The number of amides is 2. The highest BCUT2D eigenvalue weighted by atomic mass is 16.6. The molecule has 0 unspecified atom stereocenters. The van der Waals surface area contributed by atoms with Crippen LogP contribution in [0.3, 0.4) is 0 Å². The predicted molar refractivity (Wildman–Crippen MR) is 61.4 cm³/mol. The van der Waals surface area contributed by atoms with Crippen LogP contribution >= 0.6 is 0 Å². The van der Waals surface area contributed by atoms with Crippen LogP contribution in [0.4, 0.5) is 4.79 Å². The minimum absolute atomic E-state index is 0.167. The number of nitrogens with one attached hydrogen (secondary N) is 1. The molecule has 0 aromatic rings. The van der Waals surface area contributed by atoms with Crippen LogP contribution in [0.5, 0.6) is 0 Å². The molecular formula is C10H19N3O3. The topological polar surface area (TPSA) is 71.0 Å². The monoisotopic (exact) mass is 229 g/mol. The Morgan fingerprint density at radius 1 is 1.38 bits per heavy atom. The average Bonchev–Trinajstić information content (AvgIpc) is 2.08. The fourth-order valence-electron chi connectivity index (χ4n) is 0.687. The molecule has 0 rings (SSSR count). The molecule has 0 saturated carbocycles. The smallest absolute Gasteiger partial charge is 0.408 e. The molecule has 0 aliphatic carbocycles. The van der Waals surface area contributed by atoms with E-state index in [-0.39, 0.29) is 6.54 Å². The van der Waals surface area contributed by atoms with Crippen molar-refractivity contribution < 1.29 is 14.3 Å². The molecule has 0 aromatic carbocycles. The first-order valence-electron chi connectivity index (χ1n) is 4.91. The number of carbonyl (C=O) groups excluding carboxylic acids is 2. The van der Waals surface area contributed by atoms with E-state index in [1.165, 1.54) is 6.34 Å². The number of hydrogen-bond acceptors (Lipinski definition) is 3. The third-order valence-corrected chi connectivity index (χ3v) is 1.22. The largest absolute Gasteiger partial charge is 0.444 e. The average molecular weight is 229 g/mol. The fraction of sp³-hybridized carbons (Fsp3) is 0.700. The first-order valence-corrected chi connectivity index (χ1v) is 4.91. The van der Waals surface area contributed by atoms with Gasteiger partial charge in [-0.05, 0) is 20.8 Å². The molecule has 0 atom stereocenters. The minimum Gasteiger partial charge on any atom is -0.444 e. The van der Waals surface area contributed by atoms with E-state index in [4.69, 9.17) is 4.74 Å². The van der Waals surface area contributed by atoms with Gasteiger partial charge in [0.2, 0.25) is 0 Å². The van der Waals surface area contributed by atoms with E-state index in [2.05, 4.69) is 10.3 Å². The quantitative estimate of drug-likeness (QED) is 0.569. The van der Waals surface area contributed by atoms with Crippen LogP contribution in [0.15, 0.2) is 4.99 Å². The van der Waals surface area contributed by atoms with Gasteiger partial charge in [-0.2, -0.15) is 0 Å². The van der Waals surface area contributed by atoms with Crippen molar-refractivity contribution in [2.45, 2.75) is 26.4 Å². The van der Waals surface area contributed by atoms with Crippen LogP contribution in [0, 0.1) is 0 Å². The summed E-state index contributed by atoms with van der Waals surface area (Å²) in [4.78, 5) is 27.5. The number of hydrogen-bond donors (Lipinski definition) is 1. The van der Waals surface area contributed by atoms with Crippen molar-refractivity contribution in [3.05, 3.63) is 0 Å². The Bertz CT molecular complexity index is 280.